The van der Waals surface area contributed by atoms with Gasteiger partial charge in [0.05, 0.1) is 12.0 Å². The van der Waals surface area contributed by atoms with E-state index in [0.717, 1.165) is 4.88 Å². The molecule has 1 aromatic rings. The van der Waals surface area contributed by atoms with Crippen molar-refractivity contribution in [3.63, 3.8) is 0 Å². The van der Waals surface area contributed by atoms with Crippen LogP contribution in [-0.2, 0) is 9.53 Å². The van der Waals surface area contributed by atoms with Crippen LogP contribution < -0.4 is 0 Å². The molecule has 0 aliphatic rings. The fourth-order valence-electron chi connectivity index (χ4n) is 1.29. The van der Waals surface area contributed by atoms with Gasteiger partial charge in [0.25, 0.3) is 0 Å². The Morgan fingerprint density at radius 1 is 1.47 bits per heavy atom. The van der Waals surface area contributed by atoms with E-state index in [4.69, 9.17) is 0 Å². The first kappa shape index (κ1) is 11.9. The second kappa shape index (κ2) is 5.66. The standard InChI is InChI=1S/C11H14O3S/c1-8(7-11(13)14-2)6-9(12)10-4-3-5-15-10/h3-5,8H,6-7H2,1-2H3. The first-order valence-corrected chi connectivity index (χ1v) is 5.65. The largest absolute Gasteiger partial charge is 0.469 e. The molecule has 0 aromatic carbocycles. The van der Waals surface area contributed by atoms with Crippen molar-refractivity contribution >= 4 is 23.1 Å². The molecule has 15 heavy (non-hydrogen) atoms. The summed E-state index contributed by atoms with van der Waals surface area (Å²) < 4.78 is 4.55. The van der Waals surface area contributed by atoms with E-state index >= 15 is 0 Å². The van der Waals surface area contributed by atoms with Crippen LogP contribution in [0.1, 0.15) is 29.4 Å². The molecular formula is C11H14O3S. The van der Waals surface area contributed by atoms with Gasteiger partial charge < -0.3 is 4.74 Å². The van der Waals surface area contributed by atoms with Gasteiger partial charge in [-0.15, -0.1) is 11.3 Å². The van der Waals surface area contributed by atoms with Gasteiger partial charge in [0.2, 0.25) is 0 Å². The Kier molecular flexibility index (Phi) is 4.49. The predicted molar refractivity (Wildman–Crippen MR) is 59.1 cm³/mol. The molecule has 1 atom stereocenters. The van der Waals surface area contributed by atoms with E-state index in [-0.39, 0.29) is 17.7 Å². The summed E-state index contributed by atoms with van der Waals surface area (Å²) in [5.41, 5.74) is 0. The Hall–Kier alpha value is -1.16. The molecule has 0 bridgehead atoms. The van der Waals surface area contributed by atoms with Crippen molar-refractivity contribution in [3.05, 3.63) is 22.4 Å². The number of Topliss-reactive ketones (excluding diaryl/α,β-unsaturated/α-hetero) is 1. The quantitative estimate of drug-likeness (QED) is 0.572. The summed E-state index contributed by atoms with van der Waals surface area (Å²) in [7, 11) is 1.36. The summed E-state index contributed by atoms with van der Waals surface area (Å²) in [6, 6.07) is 3.65. The van der Waals surface area contributed by atoms with Crippen molar-refractivity contribution in [2.75, 3.05) is 7.11 Å². The summed E-state index contributed by atoms with van der Waals surface area (Å²) in [6.45, 7) is 1.88. The Bertz CT molecular complexity index is 330. The summed E-state index contributed by atoms with van der Waals surface area (Å²) in [5, 5.41) is 1.87. The molecule has 0 fully saturated rings. The van der Waals surface area contributed by atoms with E-state index in [0.29, 0.717) is 12.8 Å². The minimum Gasteiger partial charge on any atom is -0.469 e. The molecule has 0 aliphatic carbocycles. The van der Waals surface area contributed by atoms with Crippen molar-refractivity contribution in [2.24, 2.45) is 5.92 Å². The van der Waals surface area contributed by atoms with Gasteiger partial charge in [0, 0.05) is 12.8 Å². The predicted octanol–water partition coefficient (Wildman–Crippen LogP) is 2.52. The van der Waals surface area contributed by atoms with Crippen LogP contribution in [0.25, 0.3) is 0 Å². The third-order valence-electron chi connectivity index (χ3n) is 2.07. The number of esters is 1. The Labute approximate surface area is 93.1 Å². The molecule has 0 saturated carbocycles. The highest BCUT2D eigenvalue weighted by Crippen LogP contribution is 2.16. The first-order chi connectivity index (χ1) is 7.13. The van der Waals surface area contributed by atoms with Gasteiger partial charge in [0.1, 0.15) is 0 Å². The average molecular weight is 226 g/mol. The van der Waals surface area contributed by atoms with E-state index in [1.807, 2.05) is 18.4 Å². The van der Waals surface area contributed by atoms with Crippen molar-refractivity contribution < 1.29 is 14.3 Å². The highest BCUT2D eigenvalue weighted by atomic mass is 32.1. The average Bonchev–Trinajstić information content (AvgIpc) is 2.70. The molecule has 0 aliphatic heterocycles. The number of rotatable bonds is 5. The number of ketones is 1. The highest BCUT2D eigenvalue weighted by Gasteiger charge is 2.15. The van der Waals surface area contributed by atoms with Gasteiger partial charge in [-0.05, 0) is 17.4 Å². The lowest BCUT2D eigenvalue weighted by Crippen LogP contribution is -2.11. The number of methoxy groups -OCH3 is 1. The normalized spacial score (nSPS) is 12.1. The van der Waals surface area contributed by atoms with Crippen LogP contribution in [0.15, 0.2) is 17.5 Å². The van der Waals surface area contributed by atoms with Crippen LogP contribution in [0.2, 0.25) is 0 Å². The van der Waals surface area contributed by atoms with Crippen molar-refractivity contribution in [1.82, 2.24) is 0 Å². The lowest BCUT2D eigenvalue weighted by Gasteiger charge is -2.07. The van der Waals surface area contributed by atoms with Crippen LogP contribution in [-0.4, -0.2) is 18.9 Å². The van der Waals surface area contributed by atoms with Gasteiger partial charge >= 0.3 is 5.97 Å². The summed E-state index contributed by atoms with van der Waals surface area (Å²) >= 11 is 1.43. The van der Waals surface area contributed by atoms with E-state index in [2.05, 4.69) is 4.74 Å². The molecule has 1 aromatic heterocycles. The Morgan fingerprint density at radius 3 is 2.73 bits per heavy atom. The molecule has 1 unspecified atom stereocenters. The smallest absolute Gasteiger partial charge is 0.305 e. The molecule has 82 valence electrons. The number of carbonyl (C=O) groups excluding carboxylic acids is 2. The fourth-order valence-corrected chi connectivity index (χ4v) is 1.97. The molecule has 0 N–H and O–H groups in total. The zero-order valence-electron chi connectivity index (χ0n) is 8.86. The molecule has 0 radical (unpaired) electrons. The molecule has 0 spiro atoms. The van der Waals surface area contributed by atoms with Gasteiger partial charge in [-0.3, -0.25) is 9.59 Å². The Balaban J connectivity index is 2.42. The lowest BCUT2D eigenvalue weighted by molar-refractivity contribution is -0.141. The van der Waals surface area contributed by atoms with Crippen molar-refractivity contribution in [2.45, 2.75) is 19.8 Å². The maximum atomic E-state index is 11.6. The maximum absolute atomic E-state index is 11.6. The minimum atomic E-state index is -0.263. The molecule has 0 saturated heterocycles. The number of carbonyl (C=O) groups is 2. The Morgan fingerprint density at radius 2 is 2.20 bits per heavy atom. The topological polar surface area (TPSA) is 43.4 Å². The minimum absolute atomic E-state index is 0.0343. The zero-order chi connectivity index (χ0) is 11.3. The number of hydrogen-bond donors (Lipinski definition) is 0. The van der Waals surface area contributed by atoms with Crippen LogP contribution in [0, 0.1) is 5.92 Å². The second-order valence-electron chi connectivity index (χ2n) is 3.49. The highest BCUT2D eigenvalue weighted by molar-refractivity contribution is 7.12. The molecule has 3 nitrogen and oxygen atoms in total. The SMILES string of the molecule is COC(=O)CC(C)CC(=O)c1cccs1. The fraction of sp³-hybridized carbons (Fsp3) is 0.455. The summed E-state index contributed by atoms with van der Waals surface area (Å²) in [5.74, 6) is -0.130. The van der Waals surface area contributed by atoms with Gasteiger partial charge in [-0.25, -0.2) is 0 Å². The lowest BCUT2D eigenvalue weighted by atomic mass is 10.0. The van der Waals surface area contributed by atoms with E-state index in [9.17, 15) is 9.59 Å². The van der Waals surface area contributed by atoms with E-state index < -0.39 is 0 Å². The van der Waals surface area contributed by atoms with Gasteiger partial charge in [0.15, 0.2) is 5.78 Å². The molecule has 0 amide bonds. The maximum Gasteiger partial charge on any atom is 0.305 e. The molecule has 4 heteroatoms. The second-order valence-corrected chi connectivity index (χ2v) is 4.44. The zero-order valence-corrected chi connectivity index (χ0v) is 9.67. The van der Waals surface area contributed by atoms with Crippen LogP contribution >= 0.6 is 11.3 Å². The van der Waals surface area contributed by atoms with Crippen molar-refractivity contribution in [3.8, 4) is 0 Å². The molecule has 1 heterocycles. The third kappa shape index (κ3) is 3.83. The van der Waals surface area contributed by atoms with Gasteiger partial charge in [-0.1, -0.05) is 13.0 Å². The van der Waals surface area contributed by atoms with Crippen LogP contribution in [0.5, 0.6) is 0 Å². The monoisotopic (exact) mass is 226 g/mol. The molecular weight excluding hydrogens is 212 g/mol. The van der Waals surface area contributed by atoms with Crippen molar-refractivity contribution in [1.29, 1.82) is 0 Å². The van der Waals surface area contributed by atoms with E-state index in [1.54, 1.807) is 6.07 Å². The van der Waals surface area contributed by atoms with Gasteiger partial charge in [-0.2, -0.15) is 0 Å². The molecule has 1 rings (SSSR count). The van der Waals surface area contributed by atoms with E-state index in [1.165, 1.54) is 18.4 Å². The number of ether oxygens (including phenoxy) is 1. The first-order valence-electron chi connectivity index (χ1n) is 4.77. The summed E-state index contributed by atoms with van der Waals surface area (Å²) in [6.07, 6.45) is 0.698. The van der Waals surface area contributed by atoms with Crippen LogP contribution in [0.4, 0.5) is 0 Å². The number of hydrogen-bond acceptors (Lipinski definition) is 4. The van der Waals surface area contributed by atoms with Crippen LogP contribution in [0.3, 0.4) is 0 Å². The summed E-state index contributed by atoms with van der Waals surface area (Å²) in [4.78, 5) is 23.4. The third-order valence-corrected chi connectivity index (χ3v) is 2.98. The number of thiophene rings is 1.